The molecule has 0 fully saturated rings. The molecule has 0 saturated carbocycles. The fourth-order valence-corrected chi connectivity index (χ4v) is 1.84. The first kappa shape index (κ1) is 15.9. The van der Waals surface area contributed by atoms with Gasteiger partial charge in [0.15, 0.2) is 0 Å². The summed E-state index contributed by atoms with van der Waals surface area (Å²) in [6.07, 6.45) is 7.48. The molecule has 0 aliphatic rings. The second-order valence-corrected chi connectivity index (χ2v) is 5.52. The number of aromatic nitrogens is 2. The number of rotatable bonds is 9. The molecule has 0 aliphatic carbocycles. The summed E-state index contributed by atoms with van der Waals surface area (Å²) in [4.78, 5) is 11.1. The molecule has 1 rings (SSSR count). The fourth-order valence-electron chi connectivity index (χ4n) is 1.84. The van der Waals surface area contributed by atoms with Crippen LogP contribution in [0.1, 0.15) is 45.7 Å². The van der Waals surface area contributed by atoms with Gasteiger partial charge in [-0.15, -0.1) is 0 Å². The van der Waals surface area contributed by atoms with Gasteiger partial charge in [0.1, 0.15) is 5.82 Å². The highest BCUT2D eigenvalue weighted by Gasteiger charge is 2.03. The molecule has 4 heteroatoms. The first-order valence-corrected chi connectivity index (χ1v) is 7.36. The SMILES string of the molecule is CCCCCN(C)c1cnc(CNCC(C)C)cn1. The molecule has 0 amide bonds. The molecule has 19 heavy (non-hydrogen) atoms. The highest BCUT2D eigenvalue weighted by molar-refractivity contribution is 5.34. The van der Waals surface area contributed by atoms with Crippen molar-refractivity contribution in [2.24, 2.45) is 5.92 Å². The quantitative estimate of drug-likeness (QED) is 0.696. The third-order valence-electron chi connectivity index (χ3n) is 3.04. The van der Waals surface area contributed by atoms with Crippen molar-refractivity contribution in [3.8, 4) is 0 Å². The van der Waals surface area contributed by atoms with Crippen molar-refractivity contribution in [3.63, 3.8) is 0 Å². The summed E-state index contributed by atoms with van der Waals surface area (Å²) in [6, 6.07) is 0. The van der Waals surface area contributed by atoms with Gasteiger partial charge in [0, 0.05) is 20.1 Å². The zero-order chi connectivity index (χ0) is 14.1. The van der Waals surface area contributed by atoms with Crippen LogP contribution in [0.2, 0.25) is 0 Å². The average Bonchev–Trinajstić information content (AvgIpc) is 2.39. The summed E-state index contributed by atoms with van der Waals surface area (Å²) in [5.74, 6) is 1.63. The van der Waals surface area contributed by atoms with Crippen LogP contribution in [-0.2, 0) is 6.54 Å². The van der Waals surface area contributed by atoms with E-state index >= 15 is 0 Å². The molecular formula is C15H28N4. The van der Waals surface area contributed by atoms with E-state index in [2.05, 4.69) is 48.0 Å². The number of nitrogens with zero attached hydrogens (tertiary/aromatic N) is 3. The van der Waals surface area contributed by atoms with Crippen LogP contribution in [0, 0.1) is 5.92 Å². The number of hydrogen-bond donors (Lipinski definition) is 1. The van der Waals surface area contributed by atoms with E-state index in [1.54, 1.807) is 0 Å². The van der Waals surface area contributed by atoms with Crippen molar-refractivity contribution in [2.75, 3.05) is 25.0 Å². The van der Waals surface area contributed by atoms with Crippen molar-refractivity contribution in [1.82, 2.24) is 15.3 Å². The van der Waals surface area contributed by atoms with Crippen LogP contribution >= 0.6 is 0 Å². The van der Waals surface area contributed by atoms with Gasteiger partial charge in [-0.1, -0.05) is 33.6 Å². The Morgan fingerprint density at radius 1 is 1.21 bits per heavy atom. The molecule has 108 valence electrons. The summed E-state index contributed by atoms with van der Waals surface area (Å²) >= 11 is 0. The molecule has 0 spiro atoms. The van der Waals surface area contributed by atoms with Crippen molar-refractivity contribution < 1.29 is 0 Å². The molecule has 0 aromatic carbocycles. The fraction of sp³-hybridized carbons (Fsp3) is 0.733. The van der Waals surface area contributed by atoms with E-state index in [9.17, 15) is 0 Å². The van der Waals surface area contributed by atoms with Crippen molar-refractivity contribution in [2.45, 2.75) is 46.6 Å². The smallest absolute Gasteiger partial charge is 0.146 e. The largest absolute Gasteiger partial charge is 0.358 e. The van der Waals surface area contributed by atoms with E-state index < -0.39 is 0 Å². The van der Waals surface area contributed by atoms with Crippen molar-refractivity contribution in [3.05, 3.63) is 18.1 Å². The van der Waals surface area contributed by atoms with Gasteiger partial charge in [-0.3, -0.25) is 4.98 Å². The summed E-state index contributed by atoms with van der Waals surface area (Å²) in [5.41, 5.74) is 1.01. The molecule has 0 atom stereocenters. The summed E-state index contributed by atoms with van der Waals surface area (Å²) in [7, 11) is 2.08. The Morgan fingerprint density at radius 3 is 2.58 bits per heavy atom. The Bertz CT molecular complexity index is 335. The Balaban J connectivity index is 2.37. The van der Waals surface area contributed by atoms with Gasteiger partial charge in [0.05, 0.1) is 18.1 Å². The molecule has 0 aliphatic heterocycles. The minimum atomic E-state index is 0.664. The van der Waals surface area contributed by atoms with Gasteiger partial charge >= 0.3 is 0 Å². The predicted molar refractivity (Wildman–Crippen MR) is 81.4 cm³/mol. The van der Waals surface area contributed by atoms with Gasteiger partial charge in [0.25, 0.3) is 0 Å². The van der Waals surface area contributed by atoms with Gasteiger partial charge < -0.3 is 10.2 Å². The van der Waals surface area contributed by atoms with Gasteiger partial charge in [-0.05, 0) is 18.9 Å². The van der Waals surface area contributed by atoms with Crippen molar-refractivity contribution in [1.29, 1.82) is 0 Å². The first-order valence-electron chi connectivity index (χ1n) is 7.36. The Kier molecular flexibility index (Phi) is 7.41. The van der Waals surface area contributed by atoms with Gasteiger partial charge in [-0.2, -0.15) is 0 Å². The van der Waals surface area contributed by atoms with E-state index in [1.807, 2.05) is 12.4 Å². The topological polar surface area (TPSA) is 41.1 Å². The summed E-state index contributed by atoms with van der Waals surface area (Å²) in [5, 5.41) is 3.38. The van der Waals surface area contributed by atoms with Crippen LogP contribution in [-0.4, -0.2) is 30.1 Å². The number of unbranched alkanes of at least 4 members (excludes halogenated alkanes) is 2. The third-order valence-corrected chi connectivity index (χ3v) is 3.04. The molecule has 1 aromatic rings. The van der Waals surface area contributed by atoms with Gasteiger partial charge in [-0.25, -0.2) is 4.98 Å². The zero-order valence-electron chi connectivity index (χ0n) is 12.8. The average molecular weight is 264 g/mol. The van der Waals surface area contributed by atoms with Crippen LogP contribution in [0.15, 0.2) is 12.4 Å². The van der Waals surface area contributed by atoms with Crippen LogP contribution < -0.4 is 10.2 Å². The summed E-state index contributed by atoms with van der Waals surface area (Å²) < 4.78 is 0. The third kappa shape index (κ3) is 6.53. The van der Waals surface area contributed by atoms with Crippen LogP contribution in [0.5, 0.6) is 0 Å². The molecule has 4 nitrogen and oxygen atoms in total. The normalized spacial score (nSPS) is 11.0. The lowest BCUT2D eigenvalue weighted by Gasteiger charge is -2.17. The lowest BCUT2D eigenvalue weighted by molar-refractivity contribution is 0.547. The lowest BCUT2D eigenvalue weighted by Crippen LogP contribution is -2.21. The molecule has 0 radical (unpaired) electrons. The number of nitrogens with one attached hydrogen (secondary N) is 1. The number of anilines is 1. The molecular weight excluding hydrogens is 236 g/mol. The van der Waals surface area contributed by atoms with Gasteiger partial charge in [0.2, 0.25) is 0 Å². The van der Waals surface area contributed by atoms with Crippen LogP contribution in [0.25, 0.3) is 0 Å². The van der Waals surface area contributed by atoms with Crippen molar-refractivity contribution >= 4 is 5.82 Å². The maximum absolute atomic E-state index is 4.48. The molecule has 0 unspecified atom stereocenters. The molecule has 0 bridgehead atoms. The van der Waals surface area contributed by atoms with Crippen LogP contribution in [0.3, 0.4) is 0 Å². The second-order valence-electron chi connectivity index (χ2n) is 5.52. The van der Waals surface area contributed by atoms with E-state index in [-0.39, 0.29) is 0 Å². The highest BCUT2D eigenvalue weighted by atomic mass is 15.2. The molecule has 1 N–H and O–H groups in total. The van der Waals surface area contributed by atoms with E-state index in [0.717, 1.165) is 31.1 Å². The molecule has 1 heterocycles. The Labute approximate surface area is 117 Å². The minimum Gasteiger partial charge on any atom is -0.358 e. The standard InChI is InChI=1S/C15H28N4/c1-5-6-7-8-19(4)15-12-17-14(11-18-15)10-16-9-13(2)3/h11-13,16H,5-10H2,1-4H3. The van der Waals surface area contributed by atoms with E-state index in [1.165, 1.54) is 19.3 Å². The van der Waals surface area contributed by atoms with Crippen LogP contribution in [0.4, 0.5) is 5.82 Å². The predicted octanol–water partition coefficient (Wildman–Crippen LogP) is 2.85. The summed E-state index contributed by atoms with van der Waals surface area (Å²) in [6.45, 7) is 9.48. The number of hydrogen-bond acceptors (Lipinski definition) is 4. The molecule has 0 saturated heterocycles. The Hall–Kier alpha value is -1.16. The Morgan fingerprint density at radius 2 is 2.00 bits per heavy atom. The highest BCUT2D eigenvalue weighted by Crippen LogP contribution is 2.08. The minimum absolute atomic E-state index is 0.664. The van der Waals surface area contributed by atoms with E-state index in [0.29, 0.717) is 5.92 Å². The lowest BCUT2D eigenvalue weighted by atomic mass is 10.2. The monoisotopic (exact) mass is 264 g/mol. The zero-order valence-corrected chi connectivity index (χ0v) is 12.8. The molecule has 1 aromatic heterocycles. The maximum atomic E-state index is 4.48. The first-order chi connectivity index (χ1) is 9.13. The maximum Gasteiger partial charge on any atom is 0.146 e. The second kappa shape index (κ2) is 8.86. The van der Waals surface area contributed by atoms with E-state index in [4.69, 9.17) is 0 Å².